The largest absolute Gasteiger partial charge is 0.326 e. The number of rotatable bonds is 2. The summed E-state index contributed by atoms with van der Waals surface area (Å²) in [6, 6.07) is 2.73. The maximum absolute atomic E-state index is 12.6. The predicted octanol–water partition coefficient (Wildman–Crippen LogP) is 1.82. The molecule has 1 amide bonds. The Bertz CT molecular complexity index is 312. The SMILES string of the molecule is CC(C)C(=O)Nc1ccnc(F)c1. The summed E-state index contributed by atoms with van der Waals surface area (Å²) in [6.07, 6.45) is 1.31. The van der Waals surface area contributed by atoms with Gasteiger partial charge in [0.1, 0.15) is 0 Å². The summed E-state index contributed by atoms with van der Waals surface area (Å²) in [5.74, 6) is -0.844. The van der Waals surface area contributed by atoms with Crippen molar-refractivity contribution < 1.29 is 9.18 Å². The fraction of sp³-hybridized carbons (Fsp3) is 0.333. The molecule has 1 aromatic rings. The Morgan fingerprint density at radius 3 is 2.85 bits per heavy atom. The lowest BCUT2D eigenvalue weighted by molar-refractivity contribution is -0.118. The van der Waals surface area contributed by atoms with Gasteiger partial charge < -0.3 is 5.32 Å². The van der Waals surface area contributed by atoms with Gasteiger partial charge in [-0.2, -0.15) is 4.39 Å². The van der Waals surface area contributed by atoms with Gasteiger partial charge in [-0.25, -0.2) is 4.98 Å². The van der Waals surface area contributed by atoms with Crippen LogP contribution in [0, 0.1) is 11.9 Å². The molecule has 0 saturated heterocycles. The molecule has 0 fully saturated rings. The smallest absolute Gasteiger partial charge is 0.226 e. The van der Waals surface area contributed by atoms with Gasteiger partial charge in [0, 0.05) is 23.9 Å². The zero-order valence-electron chi connectivity index (χ0n) is 7.54. The van der Waals surface area contributed by atoms with Crippen molar-refractivity contribution in [2.75, 3.05) is 5.32 Å². The highest BCUT2D eigenvalue weighted by Crippen LogP contribution is 2.08. The first-order valence-electron chi connectivity index (χ1n) is 4.02. The predicted molar refractivity (Wildman–Crippen MR) is 47.7 cm³/mol. The average molecular weight is 182 g/mol. The van der Waals surface area contributed by atoms with Gasteiger partial charge in [0.25, 0.3) is 0 Å². The Morgan fingerprint density at radius 1 is 1.62 bits per heavy atom. The van der Waals surface area contributed by atoms with Gasteiger partial charge in [0.2, 0.25) is 11.9 Å². The van der Waals surface area contributed by atoms with Crippen molar-refractivity contribution in [3.05, 3.63) is 24.3 Å². The highest BCUT2D eigenvalue weighted by molar-refractivity contribution is 5.91. The first-order chi connectivity index (χ1) is 6.09. The third-order valence-corrected chi connectivity index (χ3v) is 1.52. The van der Waals surface area contributed by atoms with Crippen molar-refractivity contribution in [1.29, 1.82) is 0 Å². The maximum Gasteiger partial charge on any atom is 0.226 e. The molecule has 1 aromatic heterocycles. The van der Waals surface area contributed by atoms with Crippen LogP contribution in [0.1, 0.15) is 13.8 Å². The summed E-state index contributed by atoms with van der Waals surface area (Å²) in [4.78, 5) is 14.5. The molecule has 0 bridgehead atoms. The van der Waals surface area contributed by atoms with E-state index in [1.807, 2.05) is 0 Å². The van der Waals surface area contributed by atoms with Crippen LogP contribution in [0.2, 0.25) is 0 Å². The molecule has 13 heavy (non-hydrogen) atoms. The van der Waals surface area contributed by atoms with E-state index in [4.69, 9.17) is 0 Å². The summed E-state index contributed by atoms with van der Waals surface area (Å²) in [5.41, 5.74) is 0.436. The Kier molecular flexibility index (Phi) is 2.95. The number of aromatic nitrogens is 1. The van der Waals surface area contributed by atoms with Crippen LogP contribution in [-0.4, -0.2) is 10.9 Å². The number of amides is 1. The molecule has 4 heteroatoms. The first kappa shape index (κ1) is 9.64. The maximum atomic E-state index is 12.6. The number of carbonyl (C=O) groups excluding carboxylic acids is 1. The van der Waals surface area contributed by atoms with Crippen LogP contribution < -0.4 is 5.32 Å². The zero-order chi connectivity index (χ0) is 9.84. The van der Waals surface area contributed by atoms with Crippen molar-refractivity contribution in [2.45, 2.75) is 13.8 Å². The lowest BCUT2D eigenvalue weighted by Crippen LogP contribution is -2.17. The van der Waals surface area contributed by atoms with Gasteiger partial charge >= 0.3 is 0 Å². The van der Waals surface area contributed by atoms with Crippen molar-refractivity contribution in [1.82, 2.24) is 4.98 Å². The molecule has 1 N–H and O–H groups in total. The van der Waals surface area contributed by atoms with E-state index in [2.05, 4.69) is 10.3 Å². The minimum absolute atomic E-state index is 0.115. The molecule has 0 aliphatic rings. The molecule has 0 aliphatic carbocycles. The third kappa shape index (κ3) is 2.82. The topological polar surface area (TPSA) is 42.0 Å². The number of hydrogen-bond donors (Lipinski definition) is 1. The summed E-state index contributed by atoms with van der Waals surface area (Å²) >= 11 is 0. The molecule has 0 aliphatic heterocycles. The van der Waals surface area contributed by atoms with Crippen LogP contribution >= 0.6 is 0 Å². The second kappa shape index (κ2) is 3.98. The average Bonchev–Trinajstić information content (AvgIpc) is 2.04. The number of anilines is 1. The Morgan fingerprint density at radius 2 is 2.31 bits per heavy atom. The lowest BCUT2D eigenvalue weighted by Gasteiger charge is -2.06. The molecule has 0 atom stereocenters. The lowest BCUT2D eigenvalue weighted by atomic mass is 10.2. The van der Waals surface area contributed by atoms with Crippen LogP contribution in [0.4, 0.5) is 10.1 Å². The van der Waals surface area contributed by atoms with Crippen molar-refractivity contribution in [3.63, 3.8) is 0 Å². The van der Waals surface area contributed by atoms with E-state index in [1.165, 1.54) is 12.3 Å². The van der Waals surface area contributed by atoms with Crippen LogP contribution in [0.15, 0.2) is 18.3 Å². The summed E-state index contributed by atoms with van der Waals surface area (Å²) in [5, 5.41) is 2.56. The molecule has 70 valence electrons. The van der Waals surface area contributed by atoms with Gasteiger partial charge in [-0.15, -0.1) is 0 Å². The van der Waals surface area contributed by atoms with Crippen LogP contribution in [-0.2, 0) is 4.79 Å². The second-order valence-electron chi connectivity index (χ2n) is 3.01. The molecule has 0 saturated carbocycles. The van der Waals surface area contributed by atoms with E-state index in [0.717, 1.165) is 0 Å². The van der Waals surface area contributed by atoms with Crippen LogP contribution in [0.3, 0.4) is 0 Å². The van der Waals surface area contributed by atoms with E-state index in [9.17, 15) is 9.18 Å². The third-order valence-electron chi connectivity index (χ3n) is 1.52. The molecular weight excluding hydrogens is 171 g/mol. The number of nitrogens with zero attached hydrogens (tertiary/aromatic N) is 1. The molecule has 1 rings (SSSR count). The summed E-state index contributed by atoms with van der Waals surface area (Å²) in [6.45, 7) is 3.54. The number of halogens is 1. The quantitative estimate of drug-likeness (QED) is 0.709. The van der Waals surface area contributed by atoms with E-state index in [0.29, 0.717) is 5.69 Å². The number of nitrogens with one attached hydrogen (secondary N) is 1. The monoisotopic (exact) mass is 182 g/mol. The standard InChI is InChI=1S/C9H11FN2O/c1-6(2)9(13)12-7-3-4-11-8(10)5-7/h3-6H,1-2H3,(H,11,12,13). The fourth-order valence-corrected chi connectivity index (χ4v) is 0.767. The minimum atomic E-state index is -0.596. The summed E-state index contributed by atoms with van der Waals surface area (Å²) in [7, 11) is 0. The summed E-state index contributed by atoms with van der Waals surface area (Å²) < 4.78 is 12.6. The first-order valence-corrected chi connectivity index (χ1v) is 4.02. The van der Waals surface area contributed by atoms with Gasteiger partial charge in [0.05, 0.1) is 0 Å². The minimum Gasteiger partial charge on any atom is -0.326 e. The van der Waals surface area contributed by atoms with Gasteiger partial charge in [0.15, 0.2) is 0 Å². The second-order valence-corrected chi connectivity index (χ2v) is 3.01. The highest BCUT2D eigenvalue weighted by Gasteiger charge is 2.06. The normalized spacial score (nSPS) is 10.2. The molecule has 0 spiro atoms. The Labute approximate surface area is 76.0 Å². The van der Waals surface area contributed by atoms with E-state index in [-0.39, 0.29) is 11.8 Å². The van der Waals surface area contributed by atoms with E-state index < -0.39 is 5.95 Å². The molecule has 0 radical (unpaired) electrons. The van der Waals surface area contributed by atoms with E-state index >= 15 is 0 Å². The number of carbonyl (C=O) groups is 1. The Hall–Kier alpha value is -1.45. The van der Waals surface area contributed by atoms with Crippen molar-refractivity contribution in [2.24, 2.45) is 5.92 Å². The van der Waals surface area contributed by atoms with Crippen LogP contribution in [0.25, 0.3) is 0 Å². The van der Waals surface area contributed by atoms with Gasteiger partial charge in [-0.3, -0.25) is 4.79 Å². The van der Waals surface area contributed by atoms with Crippen LogP contribution in [0.5, 0.6) is 0 Å². The molecule has 3 nitrogen and oxygen atoms in total. The van der Waals surface area contributed by atoms with Gasteiger partial charge in [-0.1, -0.05) is 13.8 Å². The van der Waals surface area contributed by atoms with Crippen molar-refractivity contribution in [3.8, 4) is 0 Å². The highest BCUT2D eigenvalue weighted by atomic mass is 19.1. The molecule has 0 unspecified atom stereocenters. The molecular formula is C9H11FN2O. The number of pyridine rings is 1. The van der Waals surface area contributed by atoms with Gasteiger partial charge in [-0.05, 0) is 6.07 Å². The Balaban J connectivity index is 2.69. The van der Waals surface area contributed by atoms with Crippen molar-refractivity contribution >= 4 is 11.6 Å². The van der Waals surface area contributed by atoms with E-state index in [1.54, 1.807) is 19.9 Å². The molecule has 1 heterocycles. The zero-order valence-corrected chi connectivity index (χ0v) is 7.54. The molecule has 0 aromatic carbocycles. The fourth-order valence-electron chi connectivity index (χ4n) is 0.767. The number of hydrogen-bond acceptors (Lipinski definition) is 2.